The van der Waals surface area contributed by atoms with Gasteiger partial charge in [-0.1, -0.05) is 20.8 Å². The highest BCUT2D eigenvalue weighted by Crippen LogP contribution is 2.24. The molecule has 1 fully saturated rings. The van der Waals surface area contributed by atoms with Gasteiger partial charge in [0.1, 0.15) is 12.1 Å². The lowest BCUT2D eigenvalue weighted by atomic mass is 9.95. The van der Waals surface area contributed by atoms with Crippen molar-refractivity contribution in [3.63, 3.8) is 0 Å². The average Bonchev–Trinajstić information content (AvgIpc) is 2.93. The molecule has 1 rings (SSSR count). The van der Waals surface area contributed by atoms with Crippen LogP contribution in [-0.2, 0) is 28.7 Å². The van der Waals surface area contributed by atoms with Gasteiger partial charge in [-0.25, -0.2) is 0 Å². The summed E-state index contributed by atoms with van der Waals surface area (Å²) in [5.74, 6) is -0.683. The van der Waals surface area contributed by atoms with E-state index in [-0.39, 0.29) is 30.1 Å². The number of ether oxygens (including phenoxy) is 2. The SMILES string of the molecule is CCCC(=O)N(C)[C@H](SCCCN1CCOCC1)C(=O)N(C)[C@@H](CC(C)(C)OC)C(=O)N[C@H](C(=O)NC)C(C)C. The molecule has 0 bridgehead atoms. The van der Waals surface area contributed by atoms with Gasteiger partial charge < -0.3 is 29.9 Å². The van der Waals surface area contributed by atoms with Crippen LogP contribution < -0.4 is 10.6 Å². The lowest BCUT2D eigenvalue weighted by Crippen LogP contribution is -2.59. The first kappa shape index (κ1) is 36.1. The predicted octanol–water partition coefficient (Wildman–Crippen LogP) is 1.56. The maximum absolute atomic E-state index is 14.0. The number of hydrogen-bond donors (Lipinski definition) is 2. The molecule has 12 heteroatoms. The number of hydrogen-bond acceptors (Lipinski definition) is 8. The van der Waals surface area contributed by atoms with Gasteiger partial charge in [0.15, 0.2) is 5.37 Å². The first-order valence-corrected chi connectivity index (χ1v) is 15.4. The van der Waals surface area contributed by atoms with Gasteiger partial charge in [0.25, 0.3) is 5.91 Å². The van der Waals surface area contributed by atoms with Gasteiger partial charge in [-0.15, -0.1) is 11.8 Å². The Morgan fingerprint density at radius 1 is 1.07 bits per heavy atom. The molecule has 1 aliphatic heterocycles. The van der Waals surface area contributed by atoms with Crippen LogP contribution in [0.1, 0.15) is 60.3 Å². The predicted molar refractivity (Wildman–Crippen MR) is 159 cm³/mol. The Bertz CT molecular complexity index is 821. The van der Waals surface area contributed by atoms with Gasteiger partial charge in [-0.2, -0.15) is 0 Å². The first-order valence-electron chi connectivity index (χ1n) is 14.3. The molecule has 0 unspecified atom stereocenters. The summed E-state index contributed by atoms with van der Waals surface area (Å²) in [5.41, 5.74) is -0.721. The van der Waals surface area contributed by atoms with E-state index in [1.54, 1.807) is 21.2 Å². The van der Waals surface area contributed by atoms with Crippen LogP contribution in [0, 0.1) is 5.92 Å². The van der Waals surface area contributed by atoms with Gasteiger partial charge >= 0.3 is 0 Å². The van der Waals surface area contributed by atoms with Crippen LogP contribution in [0.25, 0.3) is 0 Å². The zero-order chi connectivity index (χ0) is 30.5. The quantitative estimate of drug-likeness (QED) is 0.194. The molecule has 4 amide bonds. The summed E-state index contributed by atoms with van der Waals surface area (Å²) in [6.07, 6.45) is 2.07. The van der Waals surface area contributed by atoms with Gasteiger partial charge in [-0.3, -0.25) is 24.1 Å². The maximum atomic E-state index is 14.0. The van der Waals surface area contributed by atoms with Crippen molar-refractivity contribution < 1.29 is 28.7 Å². The van der Waals surface area contributed by atoms with E-state index < -0.39 is 29.0 Å². The lowest BCUT2D eigenvalue weighted by Gasteiger charge is -2.37. The van der Waals surface area contributed by atoms with Crippen LogP contribution in [-0.4, -0.2) is 128 Å². The van der Waals surface area contributed by atoms with E-state index in [2.05, 4.69) is 15.5 Å². The summed E-state index contributed by atoms with van der Waals surface area (Å²) in [5, 5.41) is 4.66. The summed E-state index contributed by atoms with van der Waals surface area (Å²) in [4.78, 5) is 58.2. The molecular weight excluding hydrogens is 534 g/mol. The number of methoxy groups -OCH3 is 1. The zero-order valence-electron chi connectivity index (χ0n) is 26.1. The number of nitrogens with zero attached hydrogens (tertiary/aromatic N) is 3. The molecule has 0 radical (unpaired) electrons. The number of likely N-dealkylation sites (N-methyl/N-ethyl adjacent to an activating group) is 3. The Balaban J connectivity index is 3.18. The lowest BCUT2D eigenvalue weighted by molar-refractivity contribution is -0.146. The van der Waals surface area contributed by atoms with E-state index >= 15 is 0 Å². The van der Waals surface area contributed by atoms with Gasteiger partial charge in [-0.05, 0) is 44.9 Å². The number of rotatable bonds is 17. The molecule has 40 heavy (non-hydrogen) atoms. The van der Waals surface area contributed by atoms with E-state index in [1.807, 2.05) is 34.6 Å². The Morgan fingerprint density at radius 2 is 1.70 bits per heavy atom. The van der Waals surface area contributed by atoms with Crippen molar-refractivity contribution in [1.82, 2.24) is 25.3 Å². The molecule has 0 aliphatic carbocycles. The number of amides is 4. The fourth-order valence-electron chi connectivity index (χ4n) is 4.40. The second kappa shape index (κ2) is 17.8. The Kier molecular flexibility index (Phi) is 16.1. The fourth-order valence-corrected chi connectivity index (χ4v) is 5.57. The number of morpholine rings is 1. The monoisotopic (exact) mass is 587 g/mol. The average molecular weight is 588 g/mol. The summed E-state index contributed by atoms with van der Waals surface area (Å²) < 4.78 is 11.0. The number of carbonyl (C=O) groups is 4. The molecule has 0 aromatic rings. The van der Waals surface area contributed by atoms with Crippen molar-refractivity contribution in [1.29, 1.82) is 0 Å². The normalized spacial score (nSPS) is 16.6. The summed E-state index contributed by atoms with van der Waals surface area (Å²) in [6.45, 7) is 13.4. The topological polar surface area (TPSA) is 121 Å². The zero-order valence-corrected chi connectivity index (χ0v) is 26.9. The van der Waals surface area contributed by atoms with Crippen molar-refractivity contribution in [3.8, 4) is 0 Å². The van der Waals surface area contributed by atoms with Crippen LogP contribution in [0.3, 0.4) is 0 Å². The van der Waals surface area contributed by atoms with Crippen molar-refractivity contribution in [3.05, 3.63) is 0 Å². The van der Waals surface area contributed by atoms with E-state index in [0.717, 1.165) is 39.3 Å². The third-order valence-electron chi connectivity index (χ3n) is 7.27. The third-order valence-corrected chi connectivity index (χ3v) is 8.62. The molecule has 1 aliphatic rings. The fraction of sp³-hybridized carbons (Fsp3) is 0.857. The molecule has 0 spiro atoms. The standard InChI is InChI=1S/C28H53N5O6S/c1-10-12-22(34)32(8)27(40-18-11-13-33-14-16-39-17-15-33)26(37)31(7)21(19-28(4,5)38-9)24(35)30-23(20(2)3)25(36)29-6/h20-21,23,27H,10-19H2,1-9H3,(H,29,36)(H,30,35)/t21-,23-,27+/m0/s1. The largest absolute Gasteiger partial charge is 0.379 e. The molecule has 2 N–H and O–H groups in total. The van der Waals surface area contributed by atoms with Crippen LogP contribution in [0.2, 0.25) is 0 Å². The molecule has 0 aromatic heterocycles. The van der Waals surface area contributed by atoms with E-state index in [9.17, 15) is 19.2 Å². The Labute approximate surface area is 245 Å². The highest BCUT2D eigenvalue weighted by molar-refractivity contribution is 8.00. The number of thioether (sulfide) groups is 1. The molecule has 0 aromatic carbocycles. The first-order chi connectivity index (χ1) is 18.8. The minimum atomic E-state index is -0.917. The Hall–Kier alpha value is -1.89. The highest BCUT2D eigenvalue weighted by Gasteiger charge is 2.39. The molecule has 3 atom stereocenters. The minimum absolute atomic E-state index is 0.118. The highest BCUT2D eigenvalue weighted by atomic mass is 32.2. The number of carbonyl (C=O) groups excluding carboxylic acids is 4. The molecule has 11 nitrogen and oxygen atoms in total. The summed E-state index contributed by atoms with van der Waals surface area (Å²) >= 11 is 1.42. The van der Waals surface area contributed by atoms with Crippen LogP contribution in [0.15, 0.2) is 0 Å². The van der Waals surface area contributed by atoms with Gasteiger partial charge in [0.2, 0.25) is 17.7 Å². The van der Waals surface area contributed by atoms with Crippen LogP contribution >= 0.6 is 11.8 Å². The molecule has 1 heterocycles. The third kappa shape index (κ3) is 11.5. The van der Waals surface area contributed by atoms with Crippen LogP contribution in [0.5, 0.6) is 0 Å². The van der Waals surface area contributed by atoms with Crippen molar-refractivity contribution >= 4 is 35.4 Å². The Morgan fingerprint density at radius 3 is 2.23 bits per heavy atom. The van der Waals surface area contributed by atoms with E-state index in [4.69, 9.17) is 9.47 Å². The van der Waals surface area contributed by atoms with Crippen molar-refractivity contribution in [2.24, 2.45) is 5.92 Å². The minimum Gasteiger partial charge on any atom is -0.379 e. The molecule has 0 saturated carbocycles. The van der Waals surface area contributed by atoms with E-state index in [1.165, 1.54) is 28.6 Å². The van der Waals surface area contributed by atoms with Crippen molar-refractivity contribution in [2.75, 3.05) is 66.9 Å². The smallest absolute Gasteiger partial charge is 0.256 e. The van der Waals surface area contributed by atoms with Gasteiger partial charge in [0, 0.05) is 54.2 Å². The van der Waals surface area contributed by atoms with Crippen molar-refractivity contribution in [2.45, 2.75) is 83.4 Å². The molecule has 232 valence electrons. The second-order valence-corrected chi connectivity index (χ2v) is 12.5. The summed E-state index contributed by atoms with van der Waals surface area (Å²) in [7, 11) is 6.32. The van der Waals surface area contributed by atoms with Crippen LogP contribution in [0.4, 0.5) is 0 Å². The molecular formula is C28H53N5O6S. The molecule has 1 saturated heterocycles. The van der Waals surface area contributed by atoms with Gasteiger partial charge in [0.05, 0.1) is 18.8 Å². The summed E-state index contributed by atoms with van der Waals surface area (Å²) in [6, 6.07) is -1.67. The maximum Gasteiger partial charge on any atom is 0.256 e. The van der Waals surface area contributed by atoms with E-state index in [0.29, 0.717) is 18.6 Å². The number of nitrogens with one attached hydrogen (secondary N) is 2. The second-order valence-electron chi connectivity index (χ2n) is 11.3.